The van der Waals surface area contributed by atoms with Crippen LogP contribution in [0.25, 0.3) is 0 Å². The average Bonchev–Trinajstić information content (AvgIpc) is 3.02. The monoisotopic (exact) mass is 363 g/mol. The Kier molecular flexibility index (Phi) is 6.21. The molecule has 0 bridgehead atoms. The number of hydrogen-bond acceptors (Lipinski definition) is 4. The highest BCUT2D eigenvalue weighted by Crippen LogP contribution is 2.15. The number of benzene rings is 1. The van der Waals surface area contributed by atoms with Gasteiger partial charge in [-0.2, -0.15) is 5.10 Å². The summed E-state index contributed by atoms with van der Waals surface area (Å²) in [6, 6.07) is 11.4. The van der Waals surface area contributed by atoms with E-state index in [1.807, 2.05) is 43.3 Å². The maximum Gasteiger partial charge on any atom is 0.259 e. The Bertz CT molecular complexity index is 639. The van der Waals surface area contributed by atoms with E-state index in [4.69, 9.17) is 4.42 Å². The van der Waals surface area contributed by atoms with Crippen molar-refractivity contribution in [1.29, 1.82) is 0 Å². The number of furan rings is 1. The molecule has 2 aromatic rings. The third-order valence-corrected chi connectivity index (χ3v) is 3.46. The number of anilines is 1. The van der Waals surface area contributed by atoms with E-state index in [2.05, 4.69) is 31.8 Å². The third kappa shape index (κ3) is 5.73. The summed E-state index contributed by atoms with van der Waals surface area (Å²) < 4.78 is 6.21. The minimum atomic E-state index is -0.183. The Morgan fingerprint density at radius 1 is 1.32 bits per heavy atom. The molecular weight excluding hydrogens is 346 g/mol. The fourth-order valence-corrected chi connectivity index (χ4v) is 2.19. The molecule has 6 heteroatoms. The summed E-state index contributed by atoms with van der Waals surface area (Å²) in [7, 11) is 0. The van der Waals surface area contributed by atoms with Gasteiger partial charge in [-0.15, -0.1) is 0 Å². The number of nitrogens with one attached hydrogen (secondary N) is 2. The second kappa shape index (κ2) is 8.38. The van der Waals surface area contributed by atoms with Gasteiger partial charge in [0.05, 0.1) is 12.8 Å². The van der Waals surface area contributed by atoms with Crippen LogP contribution < -0.4 is 10.7 Å². The predicted octanol–water partition coefficient (Wildman–Crippen LogP) is 3.58. The molecule has 1 amide bonds. The quantitative estimate of drug-likeness (QED) is 0.583. The van der Waals surface area contributed by atoms with E-state index in [1.54, 1.807) is 6.26 Å². The van der Waals surface area contributed by atoms with Gasteiger partial charge in [0.25, 0.3) is 5.91 Å². The molecule has 0 unspecified atom stereocenters. The Labute approximate surface area is 137 Å². The fourth-order valence-electron chi connectivity index (χ4n) is 1.79. The van der Waals surface area contributed by atoms with Gasteiger partial charge in [0.15, 0.2) is 0 Å². The highest BCUT2D eigenvalue weighted by molar-refractivity contribution is 9.10. The van der Waals surface area contributed by atoms with Gasteiger partial charge in [0.2, 0.25) is 0 Å². The molecular formula is C16H18BrN3O2. The van der Waals surface area contributed by atoms with Crippen LogP contribution in [-0.4, -0.2) is 18.2 Å². The van der Waals surface area contributed by atoms with Crippen LogP contribution in [0.15, 0.2) is 56.7 Å². The van der Waals surface area contributed by atoms with Crippen LogP contribution in [0.3, 0.4) is 0 Å². The van der Waals surface area contributed by atoms with Crippen molar-refractivity contribution in [3.63, 3.8) is 0 Å². The average molecular weight is 364 g/mol. The van der Waals surface area contributed by atoms with Crippen molar-refractivity contribution in [2.45, 2.75) is 19.8 Å². The molecule has 0 radical (unpaired) electrons. The maximum atomic E-state index is 11.7. The van der Waals surface area contributed by atoms with Crippen LogP contribution >= 0.6 is 15.9 Å². The number of aryl methyl sites for hydroxylation is 1. The number of hydrazone groups is 1. The van der Waals surface area contributed by atoms with Crippen molar-refractivity contribution in [1.82, 2.24) is 5.43 Å². The zero-order valence-corrected chi connectivity index (χ0v) is 13.9. The van der Waals surface area contributed by atoms with E-state index < -0.39 is 0 Å². The first-order valence-electron chi connectivity index (χ1n) is 6.97. The lowest BCUT2D eigenvalue weighted by atomic mass is 10.2. The predicted molar refractivity (Wildman–Crippen MR) is 90.9 cm³/mol. The van der Waals surface area contributed by atoms with Crippen molar-refractivity contribution < 1.29 is 9.21 Å². The molecule has 0 aliphatic rings. The van der Waals surface area contributed by atoms with Crippen LogP contribution in [0.4, 0.5) is 5.69 Å². The van der Waals surface area contributed by atoms with Gasteiger partial charge < -0.3 is 9.73 Å². The molecule has 0 saturated heterocycles. The largest absolute Gasteiger partial charge is 0.469 e. The smallest absolute Gasteiger partial charge is 0.259 e. The zero-order valence-electron chi connectivity index (χ0n) is 12.3. The minimum Gasteiger partial charge on any atom is -0.469 e. The molecule has 1 aromatic carbocycles. The third-order valence-electron chi connectivity index (χ3n) is 2.96. The lowest BCUT2D eigenvalue weighted by Crippen LogP contribution is -2.26. The van der Waals surface area contributed by atoms with Gasteiger partial charge >= 0.3 is 0 Å². The second-order valence-electron chi connectivity index (χ2n) is 4.83. The minimum absolute atomic E-state index is 0.172. The Morgan fingerprint density at radius 3 is 2.91 bits per heavy atom. The fraction of sp³-hybridized carbons (Fsp3) is 0.250. The lowest BCUT2D eigenvalue weighted by molar-refractivity contribution is -0.119. The molecule has 0 atom stereocenters. The van der Waals surface area contributed by atoms with E-state index in [1.165, 1.54) is 0 Å². The summed E-state index contributed by atoms with van der Waals surface area (Å²) in [5, 5.41) is 7.12. The molecule has 1 aromatic heterocycles. The summed E-state index contributed by atoms with van der Waals surface area (Å²) in [5.41, 5.74) is 4.27. The Morgan fingerprint density at radius 2 is 2.18 bits per heavy atom. The van der Waals surface area contributed by atoms with E-state index in [9.17, 15) is 4.79 Å². The van der Waals surface area contributed by atoms with Crippen LogP contribution in [-0.2, 0) is 11.2 Å². The number of halogens is 1. The number of hydrogen-bond donors (Lipinski definition) is 2. The van der Waals surface area contributed by atoms with Crippen molar-refractivity contribution in [2.75, 3.05) is 11.9 Å². The normalized spacial score (nSPS) is 11.3. The number of amides is 1. The highest BCUT2D eigenvalue weighted by atomic mass is 79.9. The number of rotatable bonds is 7. The summed E-state index contributed by atoms with van der Waals surface area (Å²) in [6.45, 7) is 2.05. The summed E-state index contributed by atoms with van der Waals surface area (Å²) in [4.78, 5) is 11.7. The van der Waals surface area contributed by atoms with Crippen molar-refractivity contribution in [3.05, 3.63) is 52.9 Å². The molecule has 5 nitrogen and oxygen atoms in total. The van der Waals surface area contributed by atoms with Crippen molar-refractivity contribution >= 4 is 33.2 Å². The summed E-state index contributed by atoms with van der Waals surface area (Å²) >= 11 is 3.38. The molecule has 0 aliphatic carbocycles. The second-order valence-corrected chi connectivity index (χ2v) is 5.74. The van der Waals surface area contributed by atoms with E-state index in [-0.39, 0.29) is 12.5 Å². The Balaban J connectivity index is 1.71. The number of carbonyl (C=O) groups is 1. The summed E-state index contributed by atoms with van der Waals surface area (Å²) in [5.74, 6) is 0.731. The molecule has 0 aliphatic heterocycles. The molecule has 116 valence electrons. The molecule has 2 rings (SSSR count). The zero-order chi connectivity index (χ0) is 15.8. The summed E-state index contributed by atoms with van der Waals surface area (Å²) in [6.07, 6.45) is 3.17. The molecule has 0 saturated carbocycles. The standard InChI is InChI=1S/C16H18BrN3O2/c1-12(7-8-15-6-3-9-22-15)19-20-16(21)11-18-14-5-2-4-13(17)10-14/h2-6,9-10,18H,7-8,11H2,1H3,(H,20,21)/b19-12-. The van der Waals surface area contributed by atoms with Gasteiger partial charge in [-0.05, 0) is 43.7 Å². The molecule has 2 N–H and O–H groups in total. The van der Waals surface area contributed by atoms with E-state index >= 15 is 0 Å². The van der Waals surface area contributed by atoms with Crippen molar-refractivity contribution in [2.24, 2.45) is 5.10 Å². The highest BCUT2D eigenvalue weighted by Gasteiger charge is 2.02. The SMILES string of the molecule is C/C(CCc1ccco1)=N/NC(=O)CNc1cccc(Br)c1. The first kappa shape index (κ1) is 16.3. The molecule has 0 spiro atoms. The Hall–Kier alpha value is -2.08. The topological polar surface area (TPSA) is 66.6 Å². The first-order chi connectivity index (χ1) is 10.6. The number of nitrogens with zero attached hydrogens (tertiary/aromatic N) is 1. The maximum absolute atomic E-state index is 11.7. The number of carbonyl (C=O) groups excluding carboxylic acids is 1. The molecule has 1 heterocycles. The molecule has 0 fully saturated rings. The van der Waals surface area contributed by atoms with Gasteiger partial charge in [-0.25, -0.2) is 5.43 Å². The first-order valence-corrected chi connectivity index (χ1v) is 7.76. The van der Waals surface area contributed by atoms with Gasteiger partial charge in [0.1, 0.15) is 5.76 Å². The van der Waals surface area contributed by atoms with Crippen LogP contribution in [0, 0.1) is 0 Å². The van der Waals surface area contributed by atoms with Crippen LogP contribution in [0.2, 0.25) is 0 Å². The van der Waals surface area contributed by atoms with Crippen LogP contribution in [0.5, 0.6) is 0 Å². The van der Waals surface area contributed by atoms with E-state index in [0.717, 1.165) is 34.5 Å². The molecule has 22 heavy (non-hydrogen) atoms. The van der Waals surface area contributed by atoms with Gasteiger partial charge in [-0.1, -0.05) is 22.0 Å². The van der Waals surface area contributed by atoms with Crippen molar-refractivity contribution in [3.8, 4) is 0 Å². The van der Waals surface area contributed by atoms with Crippen LogP contribution in [0.1, 0.15) is 19.1 Å². The van der Waals surface area contributed by atoms with E-state index in [0.29, 0.717) is 0 Å². The van der Waals surface area contributed by atoms with Gasteiger partial charge in [0, 0.05) is 22.3 Å². The van der Waals surface area contributed by atoms with Gasteiger partial charge in [-0.3, -0.25) is 4.79 Å². The lowest BCUT2D eigenvalue weighted by Gasteiger charge is -2.06.